The van der Waals surface area contributed by atoms with Gasteiger partial charge in [0.15, 0.2) is 11.7 Å². The van der Waals surface area contributed by atoms with Crippen LogP contribution in [0.15, 0.2) is 58.6 Å². The highest BCUT2D eigenvalue weighted by molar-refractivity contribution is 6.46. The number of carbonyl (C=O) groups excluding carboxylic acids is 1. The molecule has 2 aromatic rings. The van der Waals surface area contributed by atoms with Gasteiger partial charge in [0.05, 0.1) is 11.9 Å². The van der Waals surface area contributed by atoms with Crippen molar-refractivity contribution in [3.8, 4) is 0 Å². The molecule has 0 aromatic heterocycles. The van der Waals surface area contributed by atoms with Crippen LogP contribution in [0.5, 0.6) is 0 Å². The van der Waals surface area contributed by atoms with Gasteiger partial charge in [0, 0.05) is 59.8 Å². The van der Waals surface area contributed by atoms with E-state index in [4.69, 9.17) is 4.99 Å². The van der Waals surface area contributed by atoms with Crippen LogP contribution in [0.2, 0.25) is 0 Å². The van der Waals surface area contributed by atoms with Crippen LogP contribution >= 0.6 is 0 Å². The van der Waals surface area contributed by atoms with Crippen molar-refractivity contribution in [2.24, 2.45) is 9.98 Å². The number of hydrazine groups is 1. The number of nitrogens with zero attached hydrogens (tertiary/aromatic N) is 5. The number of likely N-dealkylation sites (tertiary alicyclic amines) is 1. The maximum Gasteiger partial charge on any atom is 0.251 e. The molecule has 0 aliphatic carbocycles. The highest BCUT2D eigenvalue weighted by Crippen LogP contribution is 2.38. The molecule has 2 atom stereocenters. The normalized spacial score (nSPS) is 24.5. The van der Waals surface area contributed by atoms with E-state index in [2.05, 4.69) is 82.0 Å². The lowest BCUT2D eigenvalue weighted by atomic mass is 10.0. The van der Waals surface area contributed by atoms with Crippen LogP contribution < -0.4 is 21.0 Å². The summed E-state index contributed by atoms with van der Waals surface area (Å²) in [7, 11) is 0. The van der Waals surface area contributed by atoms with Crippen molar-refractivity contribution in [3.63, 3.8) is 0 Å². The molecular weight excluding hydrogens is 464 g/mol. The number of carbonyl (C=O) groups is 1. The fraction of sp³-hybridized carbons (Fsp3) is 0.393. The minimum atomic E-state index is -0.0136. The molecule has 0 radical (unpaired) electrons. The van der Waals surface area contributed by atoms with Gasteiger partial charge < -0.3 is 15.5 Å². The van der Waals surface area contributed by atoms with Crippen LogP contribution in [-0.4, -0.2) is 64.9 Å². The number of amides is 1. The Balaban J connectivity index is 1.08. The molecule has 5 aliphatic rings. The molecule has 9 heteroatoms. The predicted octanol–water partition coefficient (Wildman–Crippen LogP) is 2.99. The first-order chi connectivity index (χ1) is 17.8. The Hall–Kier alpha value is -3.69. The number of benzene rings is 2. The van der Waals surface area contributed by atoms with E-state index in [9.17, 15) is 4.79 Å². The topological polar surface area (TPSA) is 87.6 Å². The zero-order valence-electron chi connectivity index (χ0n) is 21.5. The maximum absolute atomic E-state index is 11.9. The van der Waals surface area contributed by atoms with Gasteiger partial charge in [-0.3, -0.25) is 14.7 Å². The number of anilines is 2. The monoisotopic (exact) mass is 496 g/mol. The van der Waals surface area contributed by atoms with E-state index in [-0.39, 0.29) is 11.4 Å². The van der Waals surface area contributed by atoms with Crippen molar-refractivity contribution in [1.82, 2.24) is 20.7 Å². The van der Waals surface area contributed by atoms with Gasteiger partial charge in [0.1, 0.15) is 6.67 Å². The predicted molar refractivity (Wildman–Crippen MR) is 146 cm³/mol. The lowest BCUT2D eigenvalue weighted by Crippen LogP contribution is -2.53. The van der Waals surface area contributed by atoms with Crippen molar-refractivity contribution in [1.29, 1.82) is 0 Å². The zero-order chi connectivity index (χ0) is 25.3. The molecule has 2 bridgehead atoms. The van der Waals surface area contributed by atoms with E-state index in [0.717, 1.165) is 47.0 Å². The van der Waals surface area contributed by atoms with Crippen LogP contribution in [0, 0.1) is 0 Å². The number of hydrogen-bond donors (Lipinski definition) is 3. The largest absolute Gasteiger partial charge is 0.366 e. The molecule has 2 aromatic carbocycles. The van der Waals surface area contributed by atoms with Crippen molar-refractivity contribution < 1.29 is 4.79 Å². The van der Waals surface area contributed by atoms with Gasteiger partial charge in [-0.2, -0.15) is 0 Å². The second-order valence-electron chi connectivity index (χ2n) is 11.4. The number of rotatable bonds is 3. The summed E-state index contributed by atoms with van der Waals surface area (Å²) < 4.78 is 0. The van der Waals surface area contributed by atoms with E-state index in [0.29, 0.717) is 31.1 Å². The first kappa shape index (κ1) is 22.5. The summed E-state index contributed by atoms with van der Waals surface area (Å²) in [5, 5.41) is 8.31. The van der Waals surface area contributed by atoms with E-state index < -0.39 is 0 Å². The first-order valence-corrected chi connectivity index (χ1v) is 13.0. The standard InChI is InChI=1S/C28H32N8O/c1-28(2,3)35-15-21-11-22(35)14-34(21)20-7-5-19(6-8-20)33-25-26-31-16-32-36(26)24(13-29-25)17-4-9-23-18(10-17)12-30-27(23)37/h4-10,13,21-22,32H,11-12,14-16H2,1-3H3,(H,29,33)(H,30,37)/t21-,22?/m0/s1. The number of hydrogen-bond acceptors (Lipinski definition) is 8. The first-order valence-electron chi connectivity index (χ1n) is 13.0. The van der Waals surface area contributed by atoms with Gasteiger partial charge in [-0.15, -0.1) is 0 Å². The number of aliphatic imine (C=N–C) groups is 2. The Labute approximate surface area is 216 Å². The highest BCUT2D eigenvalue weighted by Gasteiger charge is 2.46. The third-order valence-electron chi connectivity index (χ3n) is 8.09. The van der Waals surface area contributed by atoms with Gasteiger partial charge in [0.25, 0.3) is 5.91 Å². The molecule has 2 saturated heterocycles. The molecule has 7 rings (SSSR count). The number of fused-ring (bicyclic) bond motifs is 4. The quantitative estimate of drug-likeness (QED) is 0.606. The van der Waals surface area contributed by atoms with Crippen LogP contribution in [0.25, 0.3) is 5.70 Å². The molecule has 2 fully saturated rings. The lowest BCUT2D eigenvalue weighted by Gasteiger charge is -2.42. The fourth-order valence-corrected chi connectivity index (χ4v) is 6.31. The number of amidine groups is 2. The Morgan fingerprint density at radius 2 is 1.89 bits per heavy atom. The Morgan fingerprint density at radius 1 is 1.05 bits per heavy atom. The molecule has 3 N–H and O–H groups in total. The highest BCUT2D eigenvalue weighted by atomic mass is 16.1. The third kappa shape index (κ3) is 3.72. The van der Waals surface area contributed by atoms with Crippen LogP contribution in [-0.2, 0) is 6.54 Å². The van der Waals surface area contributed by atoms with Gasteiger partial charge in [-0.1, -0.05) is 6.07 Å². The van der Waals surface area contributed by atoms with E-state index in [1.54, 1.807) is 0 Å². The second-order valence-corrected chi connectivity index (χ2v) is 11.4. The zero-order valence-corrected chi connectivity index (χ0v) is 21.5. The van der Waals surface area contributed by atoms with Crippen LogP contribution in [0.1, 0.15) is 48.7 Å². The minimum absolute atomic E-state index is 0.0136. The van der Waals surface area contributed by atoms with Gasteiger partial charge >= 0.3 is 0 Å². The Kier molecular flexibility index (Phi) is 4.96. The molecular formula is C28H32N8O. The summed E-state index contributed by atoms with van der Waals surface area (Å²) in [5.74, 6) is 1.45. The summed E-state index contributed by atoms with van der Waals surface area (Å²) >= 11 is 0. The molecule has 5 aliphatic heterocycles. The van der Waals surface area contributed by atoms with E-state index >= 15 is 0 Å². The summed E-state index contributed by atoms with van der Waals surface area (Å²) in [6.45, 7) is 10.2. The van der Waals surface area contributed by atoms with Gasteiger partial charge in [-0.25, -0.2) is 15.4 Å². The van der Waals surface area contributed by atoms with Gasteiger partial charge in [0.2, 0.25) is 0 Å². The van der Waals surface area contributed by atoms with Crippen molar-refractivity contribution >= 4 is 34.7 Å². The smallest absolute Gasteiger partial charge is 0.251 e. The minimum Gasteiger partial charge on any atom is -0.366 e. The van der Waals surface area contributed by atoms with Crippen molar-refractivity contribution in [2.75, 3.05) is 30.0 Å². The van der Waals surface area contributed by atoms with Crippen LogP contribution in [0.4, 0.5) is 11.4 Å². The average molecular weight is 497 g/mol. The Bertz CT molecular complexity index is 1370. The lowest BCUT2D eigenvalue weighted by molar-refractivity contribution is 0.0965. The van der Waals surface area contributed by atoms with Crippen LogP contribution in [0.3, 0.4) is 0 Å². The van der Waals surface area contributed by atoms with E-state index in [1.807, 2.05) is 23.3 Å². The fourth-order valence-electron chi connectivity index (χ4n) is 6.31. The molecule has 9 nitrogen and oxygen atoms in total. The Morgan fingerprint density at radius 3 is 2.65 bits per heavy atom. The number of piperazine rings is 1. The SMILES string of the molecule is CC(C)(C)N1C[C@@H]2CC1CN2c1ccc(NC2=NC=C(c3ccc4c(c3)CNC4=O)N3NCN=C23)cc1. The summed E-state index contributed by atoms with van der Waals surface area (Å²) in [5.41, 5.74) is 9.47. The molecule has 0 saturated carbocycles. The molecule has 37 heavy (non-hydrogen) atoms. The van der Waals surface area contributed by atoms with Crippen molar-refractivity contribution in [3.05, 3.63) is 65.4 Å². The summed E-state index contributed by atoms with van der Waals surface area (Å²) in [6.07, 6.45) is 3.10. The van der Waals surface area contributed by atoms with Crippen molar-refractivity contribution in [2.45, 2.75) is 51.4 Å². The summed E-state index contributed by atoms with van der Waals surface area (Å²) in [4.78, 5) is 26.5. The average Bonchev–Trinajstić information content (AvgIpc) is 3.68. The molecule has 5 heterocycles. The molecule has 1 amide bonds. The molecule has 190 valence electrons. The second kappa shape index (κ2) is 8.16. The van der Waals surface area contributed by atoms with E-state index in [1.165, 1.54) is 12.1 Å². The third-order valence-corrected chi connectivity index (χ3v) is 8.09. The molecule has 0 spiro atoms. The van der Waals surface area contributed by atoms with Gasteiger partial charge in [-0.05, 0) is 69.2 Å². The molecule has 1 unspecified atom stereocenters. The number of nitrogens with one attached hydrogen (secondary N) is 3. The summed E-state index contributed by atoms with van der Waals surface area (Å²) in [6, 6.07) is 15.8. The maximum atomic E-state index is 11.9.